The van der Waals surface area contributed by atoms with E-state index in [2.05, 4.69) is 0 Å². The van der Waals surface area contributed by atoms with E-state index < -0.39 is 29.6 Å². The molecule has 1 unspecified atom stereocenters. The summed E-state index contributed by atoms with van der Waals surface area (Å²) in [6, 6.07) is 1.83. The molecule has 1 aromatic rings. The van der Waals surface area contributed by atoms with Gasteiger partial charge in [0.1, 0.15) is 11.2 Å². The zero-order valence-corrected chi connectivity index (χ0v) is 13.3. The molecule has 0 bridgehead atoms. The molecule has 0 fully saturated rings. The van der Waals surface area contributed by atoms with Gasteiger partial charge in [-0.2, -0.15) is 13.2 Å². The molecule has 1 N–H and O–H groups in total. The number of aliphatic hydroxyl groups excluding tert-OH is 1. The van der Waals surface area contributed by atoms with Gasteiger partial charge in [0.2, 0.25) is 0 Å². The fourth-order valence-corrected chi connectivity index (χ4v) is 3.06. The van der Waals surface area contributed by atoms with Gasteiger partial charge in [0.25, 0.3) is 0 Å². The van der Waals surface area contributed by atoms with Gasteiger partial charge in [-0.3, -0.25) is 4.79 Å². The molecule has 120 valence electrons. The molecule has 1 aliphatic carbocycles. The molecule has 1 aliphatic rings. The average Bonchev–Trinajstić information content (AvgIpc) is 2.60. The normalized spacial score (nSPS) is 22.6. The van der Waals surface area contributed by atoms with Crippen LogP contribution in [0.25, 0.3) is 5.57 Å². The van der Waals surface area contributed by atoms with Gasteiger partial charge in [0.05, 0.1) is 5.57 Å². The Hall–Kier alpha value is -1.78. The molecule has 0 aliphatic heterocycles. The molecule has 22 heavy (non-hydrogen) atoms. The summed E-state index contributed by atoms with van der Waals surface area (Å²) in [5.74, 6) is -1.52. The Morgan fingerprint density at radius 1 is 1.09 bits per heavy atom. The summed E-state index contributed by atoms with van der Waals surface area (Å²) in [5, 5.41) is 10.2. The van der Waals surface area contributed by atoms with E-state index in [9.17, 15) is 23.1 Å². The van der Waals surface area contributed by atoms with Crippen LogP contribution in [0.15, 0.2) is 11.8 Å². The third-order valence-corrected chi connectivity index (χ3v) is 4.78. The third kappa shape index (κ3) is 2.14. The molecule has 1 atom stereocenters. The van der Waals surface area contributed by atoms with Gasteiger partial charge in [-0.1, -0.05) is 6.07 Å². The van der Waals surface area contributed by atoms with Crippen molar-refractivity contribution >= 4 is 11.4 Å². The van der Waals surface area contributed by atoms with E-state index in [0.717, 1.165) is 23.6 Å². The molecule has 0 spiro atoms. The fourth-order valence-electron chi connectivity index (χ4n) is 3.06. The Balaban J connectivity index is 2.78. The summed E-state index contributed by atoms with van der Waals surface area (Å²) in [7, 11) is 0. The zero-order chi connectivity index (χ0) is 17.0. The number of hydrogen-bond donors (Lipinski definition) is 1. The summed E-state index contributed by atoms with van der Waals surface area (Å²) in [4.78, 5) is 12.2. The molecule has 2 nitrogen and oxygen atoms in total. The third-order valence-electron chi connectivity index (χ3n) is 4.78. The van der Waals surface area contributed by atoms with Gasteiger partial charge in [0, 0.05) is 6.42 Å². The maximum absolute atomic E-state index is 13.3. The minimum Gasteiger partial charge on any atom is -0.511 e. The first-order chi connectivity index (χ1) is 9.91. The summed E-state index contributed by atoms with van der Waals surface area (Å²) >= 11 is 0. The molecule has 0 aromatic heterocycles. The van der Waals surface area contributed by atoms with Crippen LogP contribution in [0.4, 0.5) is 13.2 Å². The summed E-state index contributed by atoms with van der Waals surface area (Å²) in [6.07, 6.45) is -5.42. The van der Waals surface area contributed by atoms with Crippen LogP contribution in [0, 0.1) is 33.1 Å². The van der Waals surface area contributed by atoms with Crippen LogP contribution < -0.4 is 0 Å². The number of carbonyl (C=O) groups excluding carboxylic acids is 1. The number of aryl methyl sites for hydroxylation is 2. The lowest BCUT2D eigenvalue weighted by Crippen LogP contribution is -2.35. The second kappa shape index (κ2) is 4.86. The van der Waals surface area contributed by atoms with Crippen LogP contribution in [-0.2, 0) is 4.79 Å². The summed E-state index contributed by atoms with van der Waals surface area (Å²) < 4.78 is 39.8. The molecule has 0 heterocycles. The first-order valence-electron chi connectivity index (χ1n) is 7.03. The molecular weight excluding hydrogens is 293 g/mol. The highest BCUT2D eigenvalue weighted by Crippen LogP contribution is 2.53. The standard InChI is InChI=1S/C17H19F3O2/c1-8-6-9(2)13(11(4)10(8)3)14-12(21)7-16(5,15(14)22)17(18,19)20/h6,22H,7H2,1-5H3. The molecule has 0 amide bonds. The van der Waals surface area contributed by atoms with Crippen molar-refractivity contribution in [2.24, 2.45) is 5.41 Å². The highest BCUT2D eigenvalue weighted by Gasteiger charge is 2.60. The number of allylic oxidation sites excluding steroid dienone is 2. The fraction of sp³-hybridized carbons (Fsp3) is 0.471. The number of benzene rings is 1. The van der Waals surface area contributed by atoms with Crippen LogP contribution in [0.2, 0.25) is 0 Å². The number of aliphatic hydroxyl groups is 1. The van der Waals surface area contributed by atoms with Gasteiger partial charge in [0.15, 0.2) is 5.78 Å². The van der Waals surface area contributed by atoms with Gasteiger partial charge in [-0.15, -0.1) is 0 Å². The van der Waals surface area contributed by atoms with Crippen molar-refractivity contribution in [2.45, 2.75) is 47.2 Å². The lowest BCUT2D eigenvalue weighted by Gasteiger charge is -2.26. The van der Waals surface area contributed by atoms with Crippen LogP contribution in [0.5, 0.6) is 0 Å². The molecule has 0 radical (unpaired) electrons. The maximum Gasteiger partial charge on any atom is 0.401 e. The Bertz CT molecular complexity index is 699. The largest absolute Gasteiger partial charge is 0.511 e. The molecule has 1 aromatic carbocycles. The average molecular weight is 312 g/mol. The molecule has 0 saturated carbocycles. The SMILES string of the molecule is Cc1cc(C)c(C2=C(O)C(C)(C(F)(F)F)CC2=O)c(C)c1C. The smallest absolute Gasteiger partial charge is 0.401 e. The van der Waals surface area contributed by atoms with Gasteiger partial charge in [-0.05, 0) is 62.4 Å². The van der Waals surface area contributed by atoms with Crippen LogP contribution >= 0.6 is 0 Å². The number of halogens is 3. The van der Waals surface area contributed by atoms with Gasteiger partial charge < -0.3 is 5.11 Å². The van der Waals surface area contributed by atoms with E-state index in [0.29, 0.717) is 11.1 Å². The number of Topliss-reactive ketones (excluding diaryl/α,β-unsaturated/α-hetero) is 1. The van der Waals surface area contributed by atoms with Crippen LogP contribution in [0.3, 0.4) is 0 Å². The Morgan fingerprint density at radius 2 is 1.64 bits per heavy atom. The van der Waals surface area contributed by atoms with Gasteiger partial charge >= 0.3 is 6.18 Å². The van der Waals surface area contributed by atoms with E-state index in [1.807, 2.05) is 19.9 Å². The first-order valence-corrected chi connectivity index (χ1v) is 7.03. The second-order valence-corrected chi connectivity index (χ2v) is 6.29. The summed E-state index contributed by atoms with van der Waals surface area (Å²) in [5.41, 5.74) is 1.09. The van der Waals surface area contributed by atoms with Gasteiger partial charge in [-0.25, -0.2) is 0 Å². The molecule has 2 rings (SSSR count). The van der Waals surface area contributed by atoms with Crippen molar-refractivity contribution < 1.29 is 23.1 Å². The lowest BCUT2D eigenvalue weighted by atomic mass is 9.87. The second-order valence-electron chi connectivity index (χ2n) is 6.29. The predicted octanol–water partition coefficient (Wildman–Crippen LogP) is 4.73. The van der Waals surface area contributed by atoms with E-state index in [1.165, 1.54) is 0 Å². The van der Waals surface area contributed by atoms with Crippen molar-refractivity contribution in [1.29, 1.82) is 0 Å². The Labute approximate surface area is 127 Å². The Kier molecular flexibility index (Phi) is 3.67. The topological polar surface area (TPSA) is 37.3 Å². The Morgan fingerprint density at radius 3 is 2.09 bits per heavy atom. The summed E-state index contributed by atoms with van der Waals surface area (Å²) in [6.45, 7) is 8.14. The minimum absolute atomic E-state index is 0.182. The van der Waals surface area contributed by atoms with E-state index in [4.69, 9.17) is 0 Å². The highest BCUT2D eigenvalue weighted by atomic mass is 19.4. The van der Waals surface area contributed by atoms with Crippen LogP contribution in [-0.4, -0.2) is 17.1 Å². The van der Waals surface area contributed by atoms with E-state index >= 15 is 0 Å². The van der Waals surface area contributed by atoms with Crippen molar-refractivity contribution in [3.05, 3.63) is 39.6 Å². The quantitative estimate of drug-likeness (QED) is 0.814. The maximum atomic E-state index is 13.3. The predicted molar refractivity (Wildman–Crippen MR) is 78.7 cm³/mol. The highest BCUT2D eigenvalue weighted by molar-refractivity contribution is 6.24. The first kappa shape index (κ1) is 16.6. The molecular formula is C17H19F3O2. The van der Waals surface area contributed by atoms with Crippen molar-refractivity contribution in [2.75, 3.05) is 0 Å². The van der Waals surface area contributed by atoms with Crippen molar-refractivity contribution in [1.82, 2.24) is 0 Å². The van der Waals surface area contributed by atoms with Crippen LogP contribution in [0.1, 0.15) is 41.2 Å². The molecule has 5 heteroatoms. The monoisotopic (exact) mass is 312 g/mol. The molecule has 0 saturated heterocycles. The van der Waals surface area contributed by atoms with E-state index in [1.54, 1.807) is 13.8 Å². The van der Waals surface area contributed by atoms with E-state index in [-0.39, 0.29) is 5.57 Å². The number of rotatable bonds is 1. The minimum atomic E-state index is -4.67. The number of carbonyl (C=O) groups is 1. The zero-order valence-electron chi connectivity index (χ0n) is 13.3. The lowest BCUT2D eigenvalue weighted by molar-refractivity contribution is -0.211. The van der Waals surface area contributed by atoms with Crippen molar-refractivity contribution in [3.63, 3.8) is 0 Å². The number of hydrogen-bond acceptors (Lipinski definition) is 2. The number of alkyl halides is 3. The van der Waals surface area contributed by atoms with Crippen molar-refractivity contribution in [3.8, 4) is 0 Å². The number of ketones is 1.